The van der Waals surface area contributed by atoms with Gasteiger partial charge in [-0.3, -0.25) is 13.7 Å². The lowest BCUT2D eigenvalue weighted by atomic mass is 10.4. The van der Waals surface area contributed by atoms with Gasteiger partial charge in [-0.2, -0.15) is 0 Å². The first-order valence-electron chi connectivity index (χ1n) is 4.49. The number of aromatic nitrogens is 1. The van der Waals surface area contributed by atoms with Crippen LogP contribution in [-0.4, -0.2) is 20.4 Å². The van der Waals surface area contributed by atoms with Gasteiger partial charge in [0, 0.05) is 26.4 Å². The fourth-order valence-corrected chi connectivity index (χ4v) is 1.39. The molecule has 0 saturated heterocycles. The second-order valence-electron chi connectivity index (χ2n) is 2.86. The van der Waals surface area contributed by atoms with Gasteiger partial charge in [0.05, 0.1) is 0 Å². The summed E-state index contributed by atoms with van der Waals surface area (Å²) in [5.74, 6) is 0. The Morgan fingerprint density at radius 3 is 2.62 bits per heavy atom. The summed E-state index contributed by atoms with van der Waals surface area (Å²) in [5.41, 5.74) is 0.793. The number of pyridine rings is 1. The molecule has 0 radical (unpaired) electrons. The van der Waals surface area contributed by atoms with Gasteiger partial charge in [0.15, 0.2) is 6.20 Å². The van der Waals surface area contributed by atoms with Crippen molar-refractivity contribution in [2.45, 2.75) is 0 Å². The molecule has 1 heterocycles. The highest BCUT2D eigenvalue weighted by Crippen LogP contribution is 2.47. The third kappa shape index (κ3) is 3.41. The molecule has 1 aromatic rings. The molecule has 0 spiro atoms. The van der Waals surface area contributed by atoms with Crippen molar-refractivity contribution in [2.24, 2.45) is 12.2 Å². The highest BCUT2D eigenvalue weighted by molar-refractivity contribution is 7.48. The molecule has 0 fully saturated rings. The molecule has 6 nitrogen and oxygen atoms in total. The Bertz CT molecular complexity index is 414. The van der Waals surface area contributed by atoms with E-state index in [1.165, 1.54) is 20.4 Å². The maximum Gasteiger partial charge on any atom is 0.549 e. The number of hydrogen-bond acceptors (Lipinski definition) is 5. The number of phosphoric ester groups is 1. The Morgan fingerprint density at radius 1 is 1.38 bits per heavy atom. The summed E-state index contributed by atoms with van der Waals surface area (Å²) in [6.07, 6.45) is 3.28. The Morgan fingerprint density at radius 2 is 2.06 bits per heavy atom. The zero-order valence-corrected chi connectivity index (χ0v) is 10.3. The van der Waals surface area contributed by atoms with Gasteiger partial charge in [0.2, 0.25) is 5.69 Å². The van der Waals surface area contributed by atoms with Gasteiger partial charge < -0.3 is 0 Å². The van der Waals surface area contributed by atoms with E-state index >= 15 is 0 Å². The van der Waals surface area contributed by atoms with E-state index in [0.717, 1.165) is 5.69 Å². The monoisotopic (exact) mass is 245 g/mol. The molecule has 0 aliphatic carbocycles. The zero-order valence-electron chi connectivity index (χ0n) is 9.36. The lowest BCUT2D eigenvalue weighted by Crippen LogP contribution is -2.32. The van der Waals surface area contributed by atoms with Crippen molar-refractivity contribution in [2.75, 3.05) is 14.2 Å². The summed E-state index contributed by atoms with van der Waals surface area (Å²) in [6.45, 7) is 0. The number of aryl methyl sites for hydroxylation is 1. The fraction of sp³-hybridized carbons (Fsp3) is 0.333. The van der Waals surface area contributed by atoms with Crippen molar-refractivity contribution in [1.82, 2.24) is 0 Å². The third-order valence-electron chi connectivity index (χ3n) is 1.87. The van der Waals surface area contributed by atoms with E-state index in [9.17, 15) is 4.57 Å². The minimum Gasteiger partial charge on any atom is -0.292 e. The largest absolute Gasteiger partial charge is 0.549 e. The molecule has 0 atom stereocenters. The topological polar surface area (TPSA) is 61.0 Å². The van der Waals surface area contributed by atoms with Gasteiger partial charge in [0.1, 0.15) is 13.3 Å². The highest BCUT2D eigenvalue weighted by atomic mass is 31.2. The summed E-state index contributed by atoms with van der Waals surface area (Å²) in [4.78, 5) is 0. The number of nitrogens with zero attached hydrogens (tertiary/aromatic N) is 2. The molecule has 0 bridgehead atoms. The lowest BCUT2D eigenvalue weighted by Gasteiger charge is -2.08. The molecular weight excluding hydrogens is 231 g/mol. The molecule has 0 unspecified atom stereocenters. The molecule has 88 valence electrons. The van der Waals surface area contributed by atoms with Crippen LogP contribution >= 0.6 is 7.82 Å². The number of rotatable bonds is 5. The molecule has 7 heteroatoms. The lowest BCUT2D eigenvalue weighted by molar-refractivity contribution is -0.672. The maximum absolute atomic E-state index is 11.4. The van der Waals surface area contributed by atoms with Crippen LogP contribution in [0.4, 0.5) is 0 Å². The quantitative estimate of drug-likeness (QED) is 0.339. The van der Waals surface area contributed by atoms with Crippen LogP contribution in [0.15, 0.2) is 29.6 Å². The van der Waals surface area contributed by atoms with Crippen LogP contribution in [-0.2, 0) is 25.3 Å². The van der Waals surface area contributed by atoms with Gasteiger partial charge in [-0.1, -0.05) is 5.16 Å². The highest BCUT2D eigenvalue weighted by Gasteiger charge is 2.23. The van der Waals surface area contributed by atoms with Gasteiger partial charge in [-0.15, -0.1) is 0 Å². The maximum atomic E-state index is 11.4. The summed E-state index contributed by atoms with van der Waals surface area (Å²) < 4.78 is 27.0. The van der Waals surface area contributed by atoms with Crippen molar-refractivity contribution >= 4 is 14.0 Å². The van der Waals surface area contributed by atoms with Crippen molar-refractivity contribution in [3.8, 4) is 0 Å². The third-order valence-corrected chi connectivity index (χ3v) is 3.06. The van der Waals surface area contributed by atoms with E-state index in [-0.39, 0.29) is 0 Å². The molecule has 0 aromatic carbocycles. The van der Waals surface area contributed by atoms with Gasteiger partial charge in [-0.05, 0) is 6.07 Å². The van der Waals surface area contributed by atoms with Crippen LogP contribution in [0.25, 0.3) is 0 Å². The minimum absolute atomic E-state index is 0.793. The Kier molecular flexibility index (Phi) is 4.61. The van der Waals surface area contributed by atoms with Crippen LogP contribution in [0, 0.1) is 0 Å². The Balaban J connectivity index is 2.69. The van der Waals surface area contributed by atoms with Gasteiger partial charge in [-0.25, -0.2) is 9.13 Å². The summed E-state index contributed by atoms with van der Waals surface area (Å²) in [6, 6.07) is 5.57. The molecule has 0 amide bonds. The standard InChI is InChI=1S/C9H14N2O4P/c1-11-7-5-4-6-9(11)8-10-15-16(12,13-2)14-3/h4-8H,1-3H3/q+1. The van der Waals surface area contributed by atoms with Crippen LogP contribution < -0.4 is 4.57 Å². The summed E-state index contributed by atoms with van der Waals surface area (Å²) in [5, 5.41) is 3.56. The number of oxime groups is 1. The van der Waals surface area contributed by atoms with Crippen LogP contribution in [0.3, 0.4) is 0 Å². The van der Waals surface area contributed by atoms with E-state index in [4.69, 9.17) is 0 Å². The van der Waals surface area contributed by atoms with Crippen molar-refractivity contribution in [3.63, 3.8) is 0 Å². The smallest absolute Gasteiger partial charge is 0.292 e. The second-order valence-corrected chi connectivity index (χ2v) is 4.65. The molecular formula is C9H14N2O4P+. The SMILES string of the molecule is COP(=O)(OC)ON=Cc1cccc[n+]1C. The van der Waals surface area contributed by atoms with Crippen LogP contribution in [0.1, 0.15) is 5.69 Å². The van der Waals surface area contributed by atoms with E-state index in [0.29, 0.717) is 0 Å². The van der Waals surface area contributed by atoms with Crippen LogP contribution in [0.2, 0.25) is 0 Å². The zero-order chi connectivity index (χ0) is 12.0. The first kappa shape index (κ1) is 12.8. The van der Waals surface area contributed by atoms with Crippen molar-refractivity contribution < 1.29 is 22.8 Å². The Hall–Kier alpha value is -1.23. The predicted octanol–water partition coefficient (Wildman–Crippen LogP) is 1.26. The van der Waals surface area contributed by atoms with E-state index < -0.39 is 7.82 Å². The van der Waals surface area contributed by atoms with Crippen molar-refractivity contribution in [3.05, 3.63) is 30.1 Å². The number of phosphoric acid groups is 1. The first-order chi connectivity index (χ1) is 7.61. The van der Waals surface area contributed by atoms with Gasteiger partial charge >= 0.3 is 7.82 Å². The first-order valence-corrected chi connectivity index (χ1v) is 5.95. The van der Waals surface area contributed by atoms with Crippen molar-refractivity contribution in [1.29, 1.82) is 0 Å². The fourth-order valence-electron chi connectivity index (χ4n) is 0.947. The molecule has 16 heavy (non-hydrogen) atoms. The second kappa shape index (κ2) is 5.75. The molecule has 0 aliphatic heterocycles. The Labute approximate surface area is 94.1 Å². The summed E-state index contributed by atoms with van der Waals surface area (Å²) in [7, 11) is 0.763. The van der Waals surface area contributed by atoms with E-state index in [2.05, 4.69) is 18.8 Å². The van der Waals surface area contributed by atoms with E-state index in [1.54, 1.807) is 0 Å². The molecule has 0 aliphatic rings. The number of hydrogen-bond donors (Lipinski definition) is 0. The average Bonchev–Trinajstić information content (AvgIpc) is 2.31. The van der Waals surface area contributed by atoms with Gasteiger partial charge in [0.25, 0.3) is 0 Å². The molecule has 0 N–H and O–H groups in total. The summed E-state index contributed by atoms with van der Waals surface area (Å²) >= 11 is 0. The van der Waals surface area contributed by atoms with E-state index in [1.807, 2.05) is 36.0 Å². The molecule has 0 saturated carbocycles. The average molecular weight is 245 g/mol. The predicted molar refractivity (Wildman–Crippen MR) is 57.9 cm³/mol. The van der Waals surface area contributed by atoms with Crippen LogP contribution in [0.5, 0.6) is 0 Å². The molecule has 1 aromatic heterocycles. The minimum atomic E-state index is -3.54. The molecule has 1 rings (SSSR count). The normalized spacial score (nSPS) is 11.9.